The van der Waals surface area contributed by atoms with E-state index >= 15 is 0 Å². The highest BCUT2D eigenvalue weighted by atomic mass is 16.2. The van der Waals surface area contributed by atoms with Crippen LogP contribution in [0.3, 0.4) is 0 Å². The summed E-state index contributed by atoms with van der Waals surface area (Å²) in [5.41, 5.74) is 3.78. The third-order valence-corrected chi connectivity index (χ3v) is 4.41. The normalized spacial score (nSPS) is 18.0. The van der Waals surface area contributed by atoms with E-state index in [2.05, 4.69) is 22.0 Å². The van der Waals surface area contributed by atoms with E-state index in [4.69, 9.17) is 0 Å². The van der Waals surface area contributed by atoms with E-state index in [0.29, 0.717) is 11.5 Å². The van der Waals surface area contributed by atoms with Gasteiger partial charge >= 0.3 is 0 Å². The second kappa shape index (κ2) is 5.51. The van der Waals surface area contributed by atoms with E-state index in [-0.39, 0.29) is 11.9 Å². The maximum atomic E-state index is 12.8. The average molecular weight is 299 g/mol. The number of aromatic nitrogens is 4. The van der Waals surface area contributed by atoms with Gasteiger partial charge in [0.15, 0.2) is 0 Å². The van der Waals surface area contributed by atoms with Crippen LogP contribution in [0.2, 0.25) is 0 Å². The lowest BCUT2D eigenvalue weighted by atomic mass is 10.0. The molecule has 1 saturated heterocycles. The maximum Gasteiger partial charge on any atom is 0.273 e. The van der Waals surface area contributed by atoms with Crippen molar-refractivity contribution in [2.45, 2.75) is 39.7 Å². The van der Waals surface area contributed by atoms with Crippen LogP contribution >= 0.6 is 0 Å². The Morgan fingerprint density at radius 2 is 2.09 bits per heavy atom. The number of rotatable bonds is 2. The van der Waals surface area contributed by atoms with Gasteiger partial charge in [-0.1, -0.05) is 0 Å². The predicted octanol–water partition coefficient (Wildman–Crippen LogP) is 2.11. The van der Waals surface area contributed by atoms with Crippen LogP contribution in [0.25, 0.3) is 0 Å². The molecule has 1 fully saturated rings. The molecular formula is C16H21N5O. The second-order valence-corrected chi connectivity index (χ2v) is 5.85. The highest BCUT2D eigenvalue weighted by molar-refractivity contribution is 5.92. The Hall–Kier alpha value is -2.24. The second-order valence-electron chi connectivity index (χ2n) is 5.85. The summed E-state index contributed by atoms with van der Waals surface area (Å²) in [4.78, 5) is 23.1. The zero-order valence-electron chi connectivity index (χ0n) is 13.5. The summed E-state index contributed by atoms with van der Waals surface area (Å²) >= 11 is 0. The van der Waals surface area contributed by atoms with Crippen molar-refractivity contribution >= 4 is 5.91 Å². The third-order valence-electron chi connectivity index (χ3n) is 4.41. The lowest BCUT2D eigenvalue weighted by molar-refractivity contribution is 0.0728. The standard InChI is InChI=1S/C16H21N5O/c1-10-15(11(2)20(4)19-10)14-6-5-9-21(14)16(22)13-7-8-17-12(3)18-13/h7-8,14H,5-6,9H2,1-4H3/t14-/m0/s1. The molecule has 0 radical (unpaired) electrons. The molecule has 0 unspecified atom stereocenters. The Kier molecular flexibility index (Phi) is 3.68. The molecule has 0 aliphatic carbocycles. The average Bonchev–Trinajstić information content (AvgIpc) is 3.04. The van der Waals surface area contributed by atoms with Crippen molar-refractivity contribution < 1.29 is 4.79 Å². The molecule has 1 aliphatic heterocycles. The van der Waals surface area contributed by atoms with Crippen molar-refractivity contribution in [3.05, 3.63) is 40.7 Å². The lowest BCUT2D eigenvalue weighted by Gasteiger charge is -2.25. The number of aryl methyl sites for hydroxylation is 3. The van der Waals surface area contributed by atoms with Crippen LogP contribution in [-0.4, -0.2) is 37.1 Å². The maximum absolute atomic E-state index is 12.8. The van der Waals surface area contributed by atoms with Gasteiger partial charge in [-0.25, -0.2) is 9.97 Å². The van der Waals surface area contributed by atoms with E-state index in [1.165, 1.54) is 5.56 Å². The molecule has 1 atom stereocenters. The van der Waals surface area contributed by atoms with Gasteiger partial charge in [0.1, 0.15) is 11.5 Å². The van der Waals surface area contributed by atoms with Crippen molar-refractivity contribution in [1.29, 1.82) is 0 Å². The van der Waals surface area contributed by atoms with Gasteiger partial charge in [-0.15, -0.1) is 0 Å². The molecule has 3 heterocycles. The minimum Gasteiger partial charge on any atom is -0.330 e. The van der Waals surface area contributed by atoms with Crippen molar-refractivity contribution in [2.75, 3.05) is 6.54 Å². The molecule has 0 saturated carbocycles. The fourth-order valence-electron chi connectivity index (χ4n) is 3.30. The fraction of sp³-hybridized carbons (Fsp3) is 0.500. The molecule has 6 heteroatoms. The highest BCUT2D eigenvalue weighted by Gasteiger charge is 2.34. The molecule has 1 amide bonds. The Labute approximate surface area is 130 Å². The van der Waals surface area contributed by atoms with Gasteiger partial charge in [-0.05, 0) is 39.7 Å². The van der Waals surface area contributed by atoms with Crippen LogP contribution in [0, 0.1) is 20.8 Å². The minimum atomic E-state index is -0.0179. The molecule has 0 spiro atoms. The third kappa shape index (κ3) is 2.38. The first-order valence-electron chi connectivity index (χ1n) is 7.59. The SMILES string of the molecule is Cc1nccc(C(=O)N2CCC[C@H]2c2c(C)nn(C)c2C)n1. The van der Waals surface area contributed by atoms with Crippen LogP contribution < -0.4 is 0 Å². The number of carbonyl (C=O) groups is 1. The molecule has 116 valence electrons. The summed E-state index contributed by atoms with van der Waals surface area (Å²) in [6.45, 7) is 6.64. The number of hydrogen-bond donors (Lipinski definition) is 0. The first kappa shape index (κ1) is 14.7. The molecule has 6 nitrogen and oxygen atoms in total. The summed E-state index contributed by atoms with van der Waals surface area (Å²) in [5, 5.41) is 4.49. The smallest absolute Gasteiger partial charge is 0.273 e. The monoisotopic (exact) mass is 299 g/mol. The molecular weight excluding hydrogens is 278 g/mol. The molecule has 0 aromatic carbocycles. The van der Waals surface area contributed by atoms with Crippen molar-refractivity contribution in [1.82, 2.24) is 24.6 Å². The molecule has 0 N–H and O–H groups in total. The van der Waals surface area contributed by atoms with Gasteiger partial charge in [0.2, 0.25) is 0 Å². The zero-order chi connectivity index (χ0) is 15.9. The number of amides is 1. The van der Waals surface area contributed by atoms with Crippen LogP contribution in [0.15, 0.2) is 12.3 Å². The fourth-order valence-corrected chi connectivity index (χ4v) is 3.30. The predicted molar refractivity (Wildman–Crippen MR) is 82.5 cm³/mol. The van der Waals surface area contributed by atoms with E-state index in [0.717, 1.165) is 30.8 Å². The van der Waals surface area contributed by atoms with E-state index in [1.807, 2.05) is 23.6 Å². The number of nitrogens with zero attached hydrogens (tertiary/aromatic N) is 5. The minimum absolute atomic E-state index is 0.0179. The molecule has 2 aromatic rings. The van der Waals surface area contributed by atoms with Gasteiger partial charge in [0.25, 0.3) is 5.91 Å². The van der Waals surface area contributed by atoms with E-state index in [9.17, 15) is 4.79 Å². The number of likely N-dealkylation sites (tertiary alicyclic amines) is 1. The number of carbonyl (C=O) groups excluding carboxylic acids is 1. The Morgan fingerprint density at radius 3 is 2.73 bits per heavy atom. The van der Waals surface area contributed by atoms with Crippen LogP contribution in [0.1, 0.15) is 52.1 Å². The highest BCUT2D eigenvalue weighted by Crippen LogP contribution is 2.36. The zero-order valence-corrected chi connectivity index (χ0v) is 13.5. The summed E-state index contributed by atoms with van der Waals surface area (Å²) in [7, 11) is 1.95. The van der Waals surface area contributed by atoms with Crippen LogP contribution in [0.5, 0.6) is 0 Å². The van der Waals surface area contributed by atoms with Gasteiger partial charge in [-0.3, -0.25) is 9.48 Å². The Bertz CT molecular complexity index is 721. The van der Waals surface area contributed by atoms with Gasteiger partial charge in [0, 0.05) is 31.0 Å². The Balaban J connectivity index is 1.95. The summed E-state index contributed by atoms with van der Waals surface area (Å²) in [6, 6.07) is 1.78. The first-order valence-corrected chi connectivity index (χ1v) is 7.59. The topological polar surface area (TPSA) is 63.9 Å². The van der Waals surface area contributed by atoms with Crippen LogP contribution in [0.4, 0.5) is 0 Å². The van der Waals surface area contributed by atoms with E-state index in [1.54, 1.807) is 19.2 Å². The first-order chi connectivity index (χ1) is 10.5. The van der Waals surface area contributed by atoms with Gasteiger partial charge in [0.05, 0.1) is 11.7 Å². The van der Waals surface area contributed by atoms with Crippen molar-refractivity contribution in [2.24, 2.45) is 7.05 Å². The summed E-state index contributed by atoms with van der Waals surface area (Å²) < 4.78 is 1.89. The van der Waals surface area contributed by atoms with E-state index < -0.39 is 0 Å². The van der Waals surface area contributed by atoms with Crippen molar-refractivity contribution in [3.63, 3.8) is 0 Å². The summed E-state index contributed by atoms with van der Waals surface area (Å²) in [6.07, 6.45) is 3.62. The van der Waals surface area contributed by atoms with Crippen LogP contribution in [-0.2, 0) is 7.05 Å². The lowest BCUT2D eigenvalue weighted by Crippen LogP contribution is -2.31. The van der Waals surface area contributed by atoms with Crippen molar-refractivity contribution in [3.8, 4) is 0 Å². The molecule has 0 bridgehead atoms. The molecule has 1 aliphatic rings. The summed E-state index contributed by atoms with van der Waals surface area (Å²) in [5.74, 6) is 0.603. The number of hydrogen-bond acceptors (Lipinski definition) is 4. The quantitative estimate of drug-likeness (QED) is 0.852. The largest absolute Gasteiger partial charge is 0.330 e. The molecule has 22 heavy (non-hydrogen) atoms. The molecule has 2 aromatic heterocycles. The molecule has 3 rings (SSSR count). The van der Waals surface area contributed by atoms with Gasteiger partial charge in [-0.2, -0.15) is 5.10 Å². The Morgan fingerprint density at radius 1 is 1.32 bits per heavy atom. The van der Waals surface area contributed by atoms with Gasteiger partial charge < -0.3 is 4.90 Å².